The van der Waals surface area contributed by atoms with Gasteiger partial charge in [-0.25, -0.2) is 9.97 Å². The van der Waals surface area contributed by atoms with Crippen LogP contribution in [0.2, 0.25) is 0 Å². The van der Waals surface area contributed by atoms with Gasteiger partial charge in [0.25, 0.3) is 11.8 Å². The van der Waals surface area contributed by atoms with Crippen LogP contribution in [0, 0.1) is 0 Å². The quantitative estimate of drug-likeness (QED) is 0.382. The predicted molar refractivity (Wildman–Crippen MR) is 125 cm³/mol. The maximum atomic E-state index is 12.9. The van der Waals surface area contributed by atoms with E-state index in [2.05, 4.69) is 24.4 Å². The first-order chi connectivity index (χ1) is 15.7. The zero-order valence-electron chi connectivity index (χ0n) is 17.9. The highest BCUT2D eigenvalue weighted by Crippen LogP contribution is 2.32. The molecule has 2 aromatic heterocycles. The van der Waals surface area contributed by atoms with Crippen LogP contribution in [0.5, 0.6) is 5.75 Å². The Labute approximate surface area is 193 Å². The van der Waals surface area contributed by atoms with Gasteiger partial charge >= 0.3 is 0 Å². The Kier molecular flexibility index (Phi) is 5.92. The summed E-state index contributed by atoms with van der Waals surface area (Å²) < 4.78 is 14.7. The van der Waals surface area contributed by atoms with Gasteiger partial charge in [-0.15, -0.1) is 0 Å². The molecule has 0 bridgehead atoms. The van der Waals surface area contributed by atoms with Gasteiger partial charge in [0, 0.05) is 18.0 Å². The van der Waals surface area contributed by atoms with Crippen LogP contribution in [0.1, 0.15) is 40.3 Å². The van der Waals surface area contributed by atoms with Crippen LogP contribution in [-0.4, -0.2) is 44.3 Å². The van der Waals surface area contributed by atoms with Crippen molar-refractivity contribution in [3.63, 3.8) is 0 Å². The molecule has 3 aromatic rings. The van der Waals surface area contributed by atoms with E-state index >= 15 is 0 Å². The van der Waals surface area contributed by atoms with E-state index in [1.807, 2.05) is 26.0 Å². The van der Waals surface area contributed by atoms with Crippen molar-refractivity contribution >= 4 is 35.5 Å². The number of carbonyl (C=O) groups is 2. The van der Waals surface area contributed by atoms with Crippen molar-refractivity contribution in [2.45, 2.75) is 19.4 Å². The molecule has 0 unspecified atom stereocenters. The largest absolute Gasteiger partial charge is 0.490 e. The lowest BCUT2D eigenvalue weighted by Crippen LogP contribution is -2.48. The van der Waals surface area contributed by atoms with Crippen LogP contribution in [-0.2, 0) is 0 Å². The number of carbonyl (C=O) groups excluding carboxylic acids is 2. The Hall–Kier alpha value is -4.06. The summed E-state index contributed by atoms with van der Waals surface area (Å²) in [7, 11) is 0. The third-order valence-corrected chi connectivity index (χ3v) is 5.33. The minimum atomic E-state index is -0.708. The average molecular weight is 467 g/mol. The lowest BCUT2D eigenvalue weighted by Gasteiger charge is -2.27. The van der Waals surface area contributed by atoms with Gasteiger partial charge in [0.2, 0.25) is 0 Å². The molecule has 33 heavy (non-hydrogen) atoms. The summed E-state index contributed by atoms with van der Waals surface area (Å²) in [5.41, 5.74) is 12.5. The zero-order chi connectivity index (χ0) is 23.6. The molecule has 2 amide bonds. The summed E-state index contributed by atoms with van der Waals surface area (Å²) in [5, 5.41) is 2.96. The van der Waals surface area contributed by atoms with Crippen LogP contribution in [0.3, 0.4) is 0 Å². The Morgan fingerprint density at radius 1 is 1.27 bits per heavy atom. The summed E-state index contributed by atoms with van der Waals surface area (Å²) in [6, 6.07) is 8.72. The fourth-order valence-electron chi connectivity index (χ4n) is 3.12. The Morgan fingerprint density at radius 3 is 2.85 bits per heavy atom. The number of amidine groups is 1. The molecular weight excluding hydrogens is 444 g/mol. The summed E-state index contributed by atoms with van der Waals surface area (Å²) in [6.45, 7) is 3.89. The number of hydrogen-bond acceptors (Lipinski definition) is 9. The molecule has 6 N–H and O–H groups in total. The molecule has 1 aliphatic heterocycles. The number of hydrogen-bond donors (Lipinski definition) is 4. The normalized spacial score (nSPS) is 12.8. The van der Waals surface area contributed by atoms with Gasteiger partial charge in [-0.05, 0) is 38.1 Å². The molecule has 0 saturated heterocycles. The maximum absolute atomic E-state index is 12.9. The number of imidazole rings is 1. The number of amides is 2. The number of rotatable bonds is 7. The standard InChI is InChI=1S/C21H22N8O3S/c1-21(2,10-32-15-5-3-4-13-17(15)18(22)28-33-27-13)26-20(31)12-6-7-24-16(8-12)29-9-14(19(23)30)25-11-29/h3-9,11,27H,10H2,1-2H3,(H2,22,28)(H2,23,30)(H,26,31). The topological polar surface area (TPSA) is 163 Å². The van der Waals surface area contributed by atoms with Crippen molar-refractivity contribution in [2.24, 2.45) is 15.9 Å². The van der Waals surface area contributed by atoms with Gasteiger partial charge < -0.3 is 26.2 Å². The van der Waals surface area contributed by atoms with Crippen molar-refractivity contribution in [2.75, 3.05) is 11.3 Å². The number of pyridine rings is 1. The van der Waals surface area contributed by atoms with Crippen LogP contribution in [0.25, 0.3) is 5.82 Å². The van der Waals surface area contributed by atoms with E-state index in [1.165, 1.54) is 23.3 Å². The number of nitrogens with zero attached hydrogens (tertiary/aromatic N) is 4. The van der Waals surface area contributed by atoms with Crippen LogP contribution in [0.4, 0.5) is 5.69 Å². The van der Waals surface area contributed by atoms with Gasteiger partial charge in [-0.3, -0.25) is 14.2 Å². The van der Waals surface area contributed by atoms with E-state index in [1.54, 1.807) is 18.2 Å². The molecule has 0 aliphatic carbocycles. The molecule has 4 rings (SSSR count). The van der Waals surface area contributed by atoms with Crippen molar-refractivity contribution in [1.29, 1.82) is 0 Å². The third-order valence-electron chi connectivity index (χ3n) is 4.73. The molecule has 0 fully saturated rings. The van der Waals surface area contributed by atoms with E-state index in [9.17, 15) is 9.59 Å². The predicted octanol–water partition coefficient (Wildman–Crippen LogP) is 1.65. The highest BCUT2D eigenvalue weighted by molar-refractivity contribution is 7.99. The lowest BCUT2D eigenvalue weighted by atomic mass is 10.1. The van der Waals surface area contributed by atoms with Crippen molar-refractivity contribution in [1.82, 2.24) is 19.9 Å². The van der Waals surface area contributed by atoms with Gasteiger partial charge in [-0.2, -0.15) is 4.40 Å². The summed E-state index contributed by atoms with van der Waals surface area (Å²) in [4.78, 5) is 32.3. The minimum Gasteiger partial charge on any atom is -0.490 e. The smallest absolute Gasteiger partial charge is 0.268 e. The molecule has 0 spiro atoms. The number of fused-ring (bicyclic) bond motifs is 1. The molecule has 11 nitrogen and oxygen atoms in total. The molecule has 0 atom stereocenters. The van der Waals surface area contributed by atoms with Crippen LogP contribution < -0.4 is 26.2 Å². The molecule has 0 saturated carbocycles. The molecule has 1 aliphatic rings. The van der Waals surface area contributed by atoms with Crippen molar-refractivity contribution in [3.8, 4) is 11.6 Å². The number of benzene rings is 1. The second-order valence-corrected chi connectivity index (χ2v) is 8.48. The Balaban J connectivity index is 1.45. The minimum absolute atomic E-state index is 0.104. The number of nitrogens with two attached hydrogens (primary N) is 2. The van der Waals surface area contributed by atoms with E-state index < -0.39 is 11.4 Å². The van der Waals surface area contributed by atoms with E-state index in [0.717, 1.165) is 17.8 Å². The molecule has 12 heteroatoms. The first kappa shape index (κ1) is 22.1. The SMILES string of the molecule is CC(C)(COc1cccc2c1C(N)=NSN2)NC(=O)c1ccnc(-n2cnc(C(N)=O)c2)c1. The second-order valence-electron chi connectivity index (χ2n) is 7.91. The Morgan fingerprint density at radius 2 is 2.09 bits per heavy atom. The molecule has 0 radical (unpaired) electrons. The van der Waals surface area contributed by atoms with Gasteiger partial charge in [0.15, 0.2) is 0 Å². The summed E-state index contributed by atoms with van der Waals surface area (Å²) in [6.07, 6.45) is 4.36. The third kappa shape index (κ3) is 4.90. The van der Waals surface area contributed by atoms with Crippen LogP contribution >= 0.6 is 12.1 Å². The average Bonchev–Trinajstić information content (AvgIpc) is 3.28. The highest BCUT2D eigenvalue weighted by atomic mass is 32.2. The number of aromatic nitrogens is 3. The summed E-state index contributed by atoms with van der Waals surface area (Å²) in [5.74, 6) is 0.408. The maximum Gasteiger partial charge on any atom is 0.268 e. The highest BCUT2D eigenvalue weighted by Gasteiger charge is 2.25. The molecular formula is C21H22N8O3S. The fraction of sp³-hybridized carbons (Fsp3) is 0.190. The van der Waals surface area contributed by atoms with Crippen LogP contribution in [0.15, 0.2) is 53.5 Å². The summed E-state index contributed by atoms with van der Waals surface area (Å²) >= 11 is 1.15. The van der Waals surface area contributed by atoms with Crippen molar-refractivity contribution < 1.29 is 14.3 Å². The monoisotopic (exact) mass is 466 g/mol. The number of nitrogens with one attached hydrogen (secondary N) is 2. The fourth-order valence-corrected chi connectivity index (χ4v) is 3.62. The first-order valence-electron chi connectivity index (χ1n) is 9.88. The second kappa shape index (κ2) is 8.82. The molecule has 1 aromatic carbocycles. The number of primary amides is 1. The Bertz CT molecular complexity index is 1250. The molecule has 170 valence electrons. The lowest BCUT2D eigenvalue weighted by molar-refractivity contribution is 0.0880. The van der Waals surface area contributed by atoms with Gasteiger partial charge in [0.1, 0.15) is 36.0 Å². The van der Waals surface area contributed by atoms with Crippen molar-refractivity contribution in [3.05, 3.63) is 65.9 Å². The van der Waals surface area contributed by atoms with Gasteiger partial charge in [-0.1, -0.05) is 6.07 Å². The molecule has 3 heterocycles. The zero-order valence-corrected chi connectivity index (χ0v) is 18.7. The number of ether oxygens (including phenoxy) is 1. The van der Waals surface area contributed by atoms with E-state index in [4.69, 9.17) is 16.2 Å². The van der Waals surface area contributed by atoms with E-state index in [0.29, 0.717) is 28.5 Å². The first-order valence-corrected chi connectivity index (χ1v) is 10.7. The van der Waals surface area contributed by atoms with Gasteiger partial charge in [0.05, 0.1) is 28.9 Å². The number of anilines is 1. The van der Waals surface area contributed by atoms with E-state index in [-0.39, 0.29) is 18.2 Å².